The summed E-state index contributed by atoms with van der Waals surface area (Å²) in [5, 5.41) is 7.78. The predicted molar refractivity (Wildman–Crippen MR) is 124 cm³/mol. The fourth-order valence-electron chi connectivity index (χ4n) is 3.12. The fourth-order valence-corrected chi connectivity index (χ4v) is 4.21. The second kappa shape index (κ2) is 8.81. The first kappa shape index (κ1) is 20.9. The van der Waals surface area contributed by atoms with E-state index in [1.165, 1.54) is 12.8 Å². The number of nitrogens with zero attached hydrogens (tertiary/aromatic N) is 2. The normalized spacial score (nSPS) is 15.1. The molecule has 0 spiro atoms. The van der Waals surface area contributed by atoms with Crippen LogP contribution >= 0.6 is 0 Å². The molecule has 0 aliphatic heterocycles. The van der Waals surface area contributed by atoms with E-state index in [4.69, 9.17) is 4.74 Å². The second-order valence-corrected chi connectivity index (χ2v) is 9.40. The number of rotatable bonds is 8. The van der Waals surface area contributed by atoms with Crippen molar-refractivity contribution in [1.29, 1.82) is 0 Å². The topological polar surface area (TPSA) is 105 Å². The molecule has 9 heteroatoms. The highest BCUT2D eigenvalue weighted by molar-refractivity contribution is 7.99. The molecule has 162 valence electrons. The average Bonchev–Trinajstić information content (AvgIpc) is 3.56. The molecule has 4 rings (SSSR count). The van der Waals surface area contributed by atoms with Gasteiger partial charge in [-0.25, -0.2) is 23.7 Å². The first-order valence-electron chi connectivity index (χ1n) is 10.1. The Labute approximate surface area is 181 Å². The molecule has 1 amide bonds. The Morgan fingerprint density at radius 2 is 2.06 bits per heavy atom. The van der Waals surface area contributed by atoms with Crippen LogP contribution in [0.4, 0.5) is 16.3 Å². The Hall–Kier alpha value is -3.33. The summed E-state index contributed by atoms with van der Waals surface area (Å²) >= 11 is 0. The van der Waals surface area contributed by atoms with Crippen molar-refractivity contribution >= 4 is 44.1 Å². The van der Waals surface area contributed by atoms with E-state index < -0.39 is 15.8 Å². The van der Waals surface area contributed by atoms with Gasteiger partial charge in [-0.15, -0.1) is 0 Å². The summed E-state index contributed by atoms with van der Waals surface area (Å²) in [6.45, 7) is 2.38. The van der Waals surface area contributed by atoms with Gasteiger partial charge in [-0.2, -0.15) is 0 Å². The summed E-state index contributed by atoms with van der Waals surface area (Å²) in [7, 11) is -3.00. The molecule has 1 saturated carbocycles. The van der Waals surface area contributed by atoms with E-state index >= 15 is 0 Å². The largest absolute Gasteiger partial charge is 0.449 e. The number of fused-ring (bicyclic) bond motifs is 1. The maximum Gasteiger partial charge on any atom is 0.418 e. The van der Waals surface area contributed by atoms with Gasteiger partial charge in [0.1, 0.15) is 12.1 Å². The number of ether oxygens (including phenoxy) is 1. The Morgan fingerprint density at radius 1 is 1.23 bits per heavy atom. The van der Waals surface area contributed by atoms with Crippen molar-refractivity contribution in [3.63, 3.8) is 0 Å². The maximum atomic E-state index is 12.8. The van der Waals surface area contributed by atoms with Crippen LogP contribution in [0.5, 0.6) is 0 Å². The monoisotopic (exact) mass is 439 g/mol. The third-order valence-corrected chi connectivity index (χ3v) is 6.37. The molecule has 1 aromatic heterocycles. The molecule has 0 saturated heterocycles. The number of carbonyl (C=O) groups is 1. The smallest absolute Gasteiger partial charge is 0.418 e. The number of carbonyl (C=O) groups excluding carboxylic acids is 1. The Bertz CT molecular complexity index is 1210. The number of nitrogens with one attached hydrogen (secondary N) is 3. The van der Waals surface area contributed by atoms with Crippen LogP contribution < -0.4 is 15.4 Å². The van der Waals surface area contributed by atoms with Gasteiger partial charge >= 0.3 is 6.09 Å². The lowest BCUT2D eigenvalue weighted by Gasteiger charge is -2.13. The summed E-state index contributed by atoms with van der Waals surface area (Å²) in [5.74, 6) is 4.53. The third kappa shape index (κ3) is 5.24. The zero-order chi connectivity index (χ0) is 21.8. The molecule has 1 aliphatic rings. The average molecular weight is 440 g/mol. The van der Waals surface area contributed by atoms with E-state index in [2.05, 4.69) is 31.2 Å². The molecule has 1 fully saturated rings. The van der Waals surface area contributed by atoms with Gasteiger partial charge < -0.3 is 15.4 Å². The molecule has 1 unspecified atom stereocenters. The summed E-state index contributed by atoms with van der Waals surface area (Å²) in [4.78, 5) is 20.8. The van der Waals surface area contributed by atoms with E-state index in [1.54, 1.807) is 31.5 Å². The van der Waals surface area contributed by atoms with Crippen LogP contribution in [0.15, 0.2) is 53.7 Å². The highest BCUT2D eigenvalue weighted by atomic mass is 32.2. The highest BCUT2D eigenvalue weighted by Gasteiger charge is 2.22. The van der Waals surface area contributed by atoms with Gasteiger partial charge in [0.25, 0.3) is 0 Å². The Morgan fingerprint density at radius 3 is 2.84 bits per heavy atom. The molecular formula is C22H25N5O3S. The van der Waals surface area contributed by atoms with Crippen molar-refractivity contribution in [2.24, 2.45) is 0 Å². The zero-order valence-electron chi connectivity index (χ0n) is 17.3. The van der Waals surface area contributed by atoms with E-state index in [0.29, 0.717) is 17.5 Å². The van der Waals surface area contributed by atoms with Crippen molar-refractivity contribution in [1.82, 2.24) is 14.7 Å². The van der Waals surface area contributed by atoms with Crippen LogP contribution in [-0.4, -0.2) is 38.8 Å². The van der Waals surface area contributed by atoms with Gasteiger partial charge in [-0.3, -0.25) is 0 Å². The van der Waals surface area contributed by atoms with Crippen molar-refractivity contribution in [3.8, 4) is 0 Å². The number of aromatic nitrogens is 2. The third-order valence-electron chi connectivity index (χ3n) is 4.85. The highest BCUT2D eigenvalue weighted by Crippen LogP contribution is 2.28. The van der Waals surface area contributed by atoms with Crippen molar-refractivity contribution in [2.45, 2.75) is 37.2 Å². The Balaban J connectivity index is 1.46. The second-order valence-electron chi connectivity index (χ2n) is 7.37. The molecule has 0 radical (unpaired) electrons. The first-order chi connectivity index (χ1) is 14.9. The lowest BCUT2D eigenvalue weighted by atomic mass is 10.2. The van der Waals surface area contributed by atoms with Gasteiger partial charge in [0.05, 0.1) is 21.8 Å². The van der Waals surface area contributed by atoms with Crippen LogP contribution in [0.25, 0.3) is 10.9 Å². The zero-order valence-corrected chi connectivity index (χ0v) is 18.1. The summed E-state index contributed by atoms with van der Waals surface area (Å²) in [6.07, 6.45) is 3.18. The number of amides is 1. The molecule has 3 aromatic rings. The SMILES string of the molecule is C=S(=O)(NC(=O)OCC)c1cccc(CNc2ccc3c(NC4CC4)ncnc3c2)c1. The van der Waals surface area contributed by atoms with Gasteiger partial charge in [0.2, 0.25) is 0 Å². The Kier molecular flexibility index (Phi) is 5.94. The van der Waals surface area contributed by atoms with Crippen molar-refractivity contribution in [2.75, 3.05) is 17.2 Å². The molecule has 0 bridgehead atoms. The van der Waals surface area contributed by atoms with Crippen LogP contribution in [0.3, 0.4) is 0 Å². The first-order valence-corrected chi connectivity index (χ1v) is 11.8. The van der Waals surface area contributed by atoms with E-state index in [9.17, 15) is 9.00 Å². The van der Waals surface area contributed by atoms with Crippen LogP contribution in [0.1, 0.15) is 25.3 Å². The fraction of sp³-hybridized carbons (Fsp3) is 0.273. The molecule has 8 nitrogen and oxygen atoms in total. The van der Waals surface area contributed by atoms with Crippen LogP contribution in [0.2, 0.25) is 0 Å². The van der Waals surface area contributed by atoms with Gasteiger partial charge in [-0.1, -0.05) is 12.1 Å². The molecule has 2 aromatic carbocycles. The van der Waals surface area contributed by atoms with Gasteiger partial charge in [0.15, 0.2) is 0 Å². The lowest BCUT2D eigenvalue weighted by molar-refractivity contribution is 0.159. The molecular weight excluding hydrogens is 414 g/mol. The molecule has 1 atom stereocenters. The number of hydrogen-bond donors (Lipinski definition) is 3. The maximum absolute atomic E-state index is 12.8. The minimum absolute atomic E-state index is 0.195. The van der Waals surface area contributed by atoms with Crippen LogP contribution in [0, 0.1) is 0 Å². The molecule has 31 heavy (non-hydrogen) atoms. The predicted octanol–water partition coefficient (Wildman–Crippen LogP) is 3.55. The minimum atomic E-state index is -3.00. The summed E-state index contributed by atoms with van der Waals surface area (Å²) in [6, 6.07) is 13.6. The lowest BCUT2D eigenvalue weighted by Crippen LogP contribution is -2.31. The molecule has 3 N–H and O–H groups in total. The van der Waals surface area contributed by atoms with Crippen LogP contribution in [-0.2, 0) is 21.0 Å². The van der Waals surface area contributed by atoms with E-state index in [0.717, 1.165) is 28.0 Å². The van der Waals surface area contributed by atoms with E-state index in [-0.39, 0.29) is 6.61 Å². The summed E-state index contributed by atoms with van der Waals surface area (Å²) < 4.78 is 19.9. The van der Waals surface area contributed by atoms with E-state index in [1.807, 2.05) is 24.3 Å². The van der Waals surface area contributed by atoms with Gasteiger partial charge in [-0.05, 0) is 61.5 Å². The van der Waals surface area contributed by atoms with Crippen molar-refractivity contribution in [3.05, 3.63) is 54.4 Å². The minimum Gasteiger partial charge on any atom is -0.449 e. The molecule has 1 aliphatic carbocycles. The number of hydrogen-bond acceptors (Lipinski definition) is 7. The quantitative estimate of drug-likeness (QED) is 0.461. The molecule has 1 heterocycles. The number of benzene rings is 2. The standard InChI is InChI=1S/C22H25N5O3S/c1-3-30-22(28)27-31(2,29)18-6-4-5-15(11-18)13-23-17-9-10-19-20(12-17)24-14-25-21(19)26-16-7-8-16/h4-6,9-12,14,16,23H,2-3,7-8,13H2,1H3,(H,24,25,26)(H,27,28,29). The van der Waals surface area contributed by atoms with Gasteiger partial charge in [0, 0.05) is 28.6 Å². The number of anilines is 2. The van der Waals surface area contributed by atoms with Crippen molar-refractivity contribution < 1.29 is 13.7 Å². The summed E-state index contributed by atoms with van der Waals surface area (Å²) in [5.41, 5.74) is 2.67.